The predicted molar refractivity (Wildman–Crippen MR) is 128 cm³/mol. The van der Waals surface area contributed by atoms with Gasteiger partial charge in [-0.2, -0.15) is 0 Å². The molecule has 33 heavy (non-hydrogen) atoms. The van der Waals surface area contributed by atoms with Gasteiger partial charge in [0.1, 0.15) is 11.6 Å². The molecule has 0 unspecified atom stereocenters. The Bertz CT molecular complexity index is 1170. The summed E-state index contributed by atoms with van der Waals surface area (Å²) >= 11 is 13.2. The fourth-order valence-electron chi connectivity index (χ4n) is 2.96. The molecule has 7 nitrogen and oxygen atoms in total. The van der Waals surface area contributed by atoms with Gasteiger partial charge in [-0.25, -0.2) is 9.37 Å². The zero-order valence-corrected chi connectivity index (χ0v) is 20.4. The Labute approximate surface area is 204 Å². The quantitative estimate of drug-likeness (QED) is 0.352. The fraction of sp³-hybridized carbons (Fsp3) is 0.273. The smallest absolute Gasteiger partial charge is 0.253 e. The molecular weight excluding hydrogens is 488 g/mol. The van der Waals surface area contributed by atoms with Gasteiger partial charge in [0.05, 0.1) is 22.4 Å². The highest BCUT2D eigenvalue weighted by molar-refractivity contribution is 7.99. The molecule has 0 spiro atoms. The number of aromatic amines is 1. The summed E-state index contributed by atoms with van der Waals surface area (Å²) in [4.78, 5) is 29.4. The molecule has 1 atom stereocenters. The molecule has 2 amide bonds. The molecule has 174 valence electrons. The number of benzene rings is 2. The van der Waals surface area contributed by atoms with Crippen molar-refractivity contribution in [3.8, 4) is 0 Å². The Morgan fingerprint density at radius 1 is 1.21 bits per heavy atom. The van der Waals surface area contributed by atoms with Crippen LogP contribution in [0, 0.1) is 18.7 Å². The maximum atomic E-state index is 13.6. The molecule has 3 N–H and O–H groups in total. The van der Waals surface area contributed by atoms with Gasteiger partial charge >= 0.3 is 0 Å². The number of thioether (sulfide) groups is 1. The number of rotatable bonds is 8. The molecular formula is C22H22Cl2FN5O2S. The average molecular weight is 510 g/mol. The third-order valence-electron chi connectivity index (χ3n) is 4.78. The lowest BCUT2D eigenvalue weighted by Gasteiger charge is -2.20. The number of amides is 2. The lowest BCUT2D eigenvalue weighted by molar-refractivity contribution is -0.113. The monoisotopic (exact) mass is 509 g/mol. The summed E-state index contributed by atoms with van der Waals surface area (Å²) in [5, 5.41) is 13.6. The number of hydrogen-bond donors (Lipinski definition) is 3. The topological polar surface area (TPSA) is 99.8 Å². The zero-order valence-electron chi connectivity index (χ0n) is 18.1. The van der Waals surface area contributed by atoms with E-state index in [2.05, 4.69) is 25.8 Å². The predicted octanol–water partition coefficient (Wildman–Crippen LogP) is 5.42. The lowest BCUT2D eigenvalue weighted by Crippen LogP contribution is -2.32. The second kappa shape index (κ2) is 11.0. The number of anilines is 1. The Balaban J connectivity index is 1.63. The van der Waals surface area contributed by atoms with Crippen molar-refractivity contribution in [1.29, 1.82) is 0 Å². The number of hydrogen-bond acceptors (Lipinski definition) is 5. The average Bonchev–Trinajstić information content (AvgIpc) is 3.22. The van der Waals surface area contributed by atoms with E-state index in [4.69, 9.17) is 23.2 Å². The molecule has 11 heteroatoms. The summed E-state index contributed by atoms with van der Waals surface area (Å²) in [6, 6.07) is 8.68. The minimum atomic E-state index is -0.463. The van der Waals surface area contributed by atoms with Gasteiger partial charge in [0.25, 0.3) is 5.91 Å². The number of nitrogens with one attached hydrogen (secondary N) is 3. The number of aromatic nitrogens is 3. The number of H-pyrrole nitrogens is 1. The first kappa shape index (κ1) is 25.0. The van der Waals surface area contributed by atoms with Crippen molar-refractivity contribution >= 4 is 52.5 Å². The molecule has 0 fully saturated rings. The van der Waals surface area contributed by atoms with Crippen LogP contribution in [-0.2, 0) is 4.79 Å². The Hall–Kier alpha value is -2.62. The van der Waals surface area contributed by atoms with Gasteiger partial charge in [0.15, 0.2) is 0 Å². The largest absolute Gasteiger partial charge is 0.342 e. The molecule has 0 saturated heterocycles. The van der Waals surface area contributed by atoms with E-state index in [1.54, 1.807) is 25.1 Å². The number of carbonyl (C=O) groups is 2. The molecule has 0 radical (unpaired) electrons. The molecule has 1 heterocycles. The first-order valence-electron chi connectivity index (χ1n) is 10.0. The van der Waals surface area contributed by atoms with Crippen molar-refractivity contribution in [3.05, 3.63) is 69.2 Å². The van der Waals surface area contributed by atoms with E-state index in [0.29, 0.717) is 32.8 Å². The Morgan fingerprint density at radius 3 is 2.67 bits per heavy atom. The standard InChI is InChI=1S/C22H22Cl2FN5O2S/c1-11(2)19(27-21(32)14-8-7-13(23)9-15(14)24)20-28-22(30-29-20)33-10-18(31)26-17-6-4-5-16(25)12(17)3/h4-9,11,19H,10H2,1-3H3,(H,26,31)(H,27,32)(H,28,29,30)/t19-/m1/s1. The molecule has 3 aromatic rings. The molecule has 0 bridgehead atoms. The van der Waals surface area contributed by atoms with E-state index in [9.17, 15) is 14.0 Å². The Kier molecular flexibility index (Phi) is 8.34. The molecule has 3 rings (SSSR count). The molecule has 0 aliphatic carbocycles. The van der Waals surface area contributed by atoms with E-state index in [1.807, 2.05) is 13.8 Å². The minimum Gasteiger partial charge on any atom is -0.342 e. The van der Waals surface area contributed by atoms with Crippen molar-refractivity contribution in [2.75, 3.05) is 11.1 Å². The Morgan fingerprint density at radius 2 is 1.97 bits per heavy atom. The molecule has 0 saturated carbocycles. The normalized spacial score (nSPS) is 12.0. The van der Waals surface area contributed by atoms with Gasteiger partial charge in [0.2, 0.25) is 11.1 Å². The van der Waals surface area contributed by atoms with Crippen LogP contribution in [0.25, 0.3) is 0 Å². The van der Waals surface area contributed by atoms with E-state index in [1.165, 1.54) is 18.2 Å². The summed E-state index contributed by atoms with van der Waals surface area (Å²) in [7, 11) is 0. The fourth-order valence-corrected chi connectivity index (χ4v) is 4.06. The van der Waals surface area contributed by atoms with Gasteiger partial charge in [0, 0.05) is 16.3 Å². The maximum absolute atomic E-state index is 13.6. The van der Waals surface area contributed by atoms with Crippen molar-refractivity contribution < 1.29 is 14.0 Å². The van der Waals surface area contributed by atoms with Crippen LogP contribution in [0.15, 0.2) is 41.6 Å². The second-order valence-corrected chi connectivity index (χ2v) is 9.36. The van der Waals surface area contributed by atoms with Gasteiger partial charge in [-0.05, 0) is 43.2 Å². The number of nitrogens with zero attached hydrogens (tertiary/aromatic N) is 2. The number of halogens is 3. The van der Waals surface area contributed by atoms with Gasteiger partial charge < -0.3 is 10.6 Å². The van der Waals surface area contributed by atoms with Crippen LogP contribution in [0.4, 0.5) is 10.1 Å². The highest BCUT2D eigenvalue weighted by atomic mass is 35.5. The van der Waals surface area contributed by atoms with Gasteiger partial charge in [-0.15, -0.1) is 5.10 Å². The van der Waals surface area contributed by atoms with E-state index in [0.717, 1.165) is 11.8 Å². The summed E-state index contributed by atoms with van der Waals surface area (Å²) < 4.78 is 13.6. The van der Waals surface area contributed by atoms with Crippen LogP contribution >= 0.6 is 35.0 Å². The lowest BCUT2D eigenvalue weighted by atomic mass is 10.0. The molecule has 2 aromatic carbocycles. The highest BCUT2D eigenvalue weighted by Crippen LogP contribution is 2.25. The molecule has 0 aliphatic heterocycles. The van der Waals surface area contributed by atoms with Crippen molar-refractivity contribution in [2.24, 2.45) is 5.92 Å². The third-order valence-corrected chi connectivity index (χ3v) is 6.18. The van der Waals surface area contributed by atoms with Gasteiger partial charge in [-0.3, -0.25) is 14.7 Å². The van der Waals surface area contributed by atoms with E-state index >= 15 is 0 Å². The van der Waals surface area contributed by atoms with E-state index in [-0.39, 0.29) is 34.3 Å². The van der Waals surface area contributed by atoms with E-state index < -0.39 is 6.04 Å². The number of carbonyl (C=O) groups excluding carboxylic acids is 2. The summed E-state index contributed by atoms with van der Waals surface area (Å²) in [6.45, 7) is 5.45. The van der Waals surface area contributed by atoms with Crippen molar-refractivity contribution in [1.82, 2.24) is 20.5 Å². The van der Waals surface area contributed by atoms with Crippen LogP contribution in [0.1, 0.15) is 41.6 Å². The second-order valence-electron chi connectivity index (χ2n) is 7.57. The van der Waals surface area contributed by atoms with Crippen LogP contribution in [0.2, 0.25) is 10.0 Å². The summed E-state index contributed by atoms with van der Waals surface area (Å²) in [6.07, 6.45) is 0. The summed E-state index contributed by atoms with van der Waals surface area (Å²) in [5.41, 5.74) is 1.08. The minimum absolute atomic E-state index is 0.00919. The molecule has 0 aliphatic rings. The third kappa shape index (κ3) is 6.46. The highest BCUT2D eigenvalue weighted by Gasteiger charge is 2.24. The van der Waals surface area contributed by atoms with Crippen LogP contribution in [0.5, 0.6) is 0 Å². The SMILES string of the molecule is Cc1c(F)cccc1NC(=O)CSc1n[nH]c([C@H](NC(=O)c2ccc(Cl)cc2Cl)C(C)C)n1. The zero-order chi connectivity index (χ0) is 24.1. The maximum Gasteiger partial charge on any atom is 0.253 e. The first-order chi connectivity index (χ1) is 15.7. The van der Waals surface area contributed by atoms with Crippen LogP contribution < -0.4 is 10.6 Å². The summed E-state index contributed by atoms with van der Waals surface area (Å²) in [5.74, 6) is -0.596. The van der Waals surface area contributed by atoms with Crippen LogP contribution in [-0.4, -0.2) is 32.7 Å². The van der Waals surface area contributed by atoms with Gasteiger partial charge in [-0.1, -0.05) is 54.9 Å². The molecule has 1 aromatic heterocycles. The van der Waals surface area contributed by atoms with Crippen molar-refractivity contribution in [3.63, 3.8) is 0 Å². The van der Waals surface area contributed by atoms with Crippen LogP contribution in [0.3, 0.4) is 0 Å². The first-order valence-corrected chi connectivity index (χ1v) is 11.8. The van der Waals surface area contributed by atoms with Crippen molar-refractivity contribution in [2.45, 2.75) is 32.0 Å².